The molecule has 2 aliphatic rings. The van der Waals surface area contributed by atoms with Gasteiger partial charge < -0.3 is 18.3 Å². The quantitative estimate of drug-likeness (QED) is 0.123. The monoisotopic (exact) mass is 1520 g/mol. The predicted molar refractivity (Wildman–Crippen MR) is 501 cm³/mol. The van der Waals surface area contributed by atoms with Gasteiger partial charge in [0, 0.05) is 54.5 Å². The van der Waals surface area contributed by atoms with Crippen LogP contribution < -0.4 is 0 Å². The Morgan fingerprint density at radius 1 is 0.142 bits per heavy atom. The Bertz CT molecular complexity index is 7920. The average Bonchev–Trinajstić information content (AvgIpc) is 1.52. The molecule has 4 heteroatoms. The van der Waals surface area contributed by atoms with Crippen LogP contribution in [0, 0.1) is 0 Å². The molecular formula is C116H76N4. The number of hydrogen-bond donors (Lipinski definition) is 0. The van der Waals surface area contributed by atoms with Gasteiger partial charge in [0.05, 0.1) is 66.3 Å². The predicted octanol–water partition coefficient (Wildman–Crippen LogP) is 29.5. The van der Waals surface area contributed by atoms with Crippen LogP contribution in [0.15, 0.2) is 461 Å². The van der Waals surface area contributed by atoms with Crippen molar-refractivity contribution in [3.8, 4) is 78.4 Å². The van der Waals surface area contributed by atoms with Gasteiger partial charge in [0.15, 0.2) is 0 Å². The van der Waals surface area contributed by atoms with Crippen molar-refractivity contribution >= 4 is 87.2 Å². The SMILES string of the molecule is c1ccc(-c2ccc(-n3c4ccccc4c4cc(-c5ccc6c(c5)c5ccccc5n6-c5ccccc5C5(c6ccccc6)c6ccccc6-c6ccccc65)ccc43)cc2)cc1.c1ccc(-n2c3ccccc3c3cc(-c4ccc5c(c4)c4ccccc4n5-c4ccccc4C4(c5ccccc5)c5ccccc5-c5ccccc54)ccc32)cc1. The van der Waals surface area contributed by atoms with Gasteiger partial charge in [0.1, 0.15) is 0 Å². The van der Waals surface area contributed by atoms with Crippen molar-refractivity contribution in [3.63, 3.8) is 0 Å². The molecule has 0 unspecified atom stereocenters. The molecule has 0 amide bonds. The molecular weight excluding hydrogens is 1450 g/mol. The minimum absolute atomic E-state index is 0.517. The van der Waals surface area contributed by atoms with E-state index >= 15 is 0 Å². The summed E-state index contributed by atoms with van der Waals surface area (Å²) in [6.45, 7) is 0. The lowest BCUT2D eigenvalue weighted by molar-refractivity contribution is 0.761. The summed E-state index contributed by atoms with van der Waals surface area (Å²) in [5.41, 5.74) is 36.0. The third-order valence-corrected chi connectivity index (χ3v) is 26.0. The number of nitrogens with zero attached hydrogens (tertiary/aromatic N) is 4. The van der Waals surface area contributed by atoms with E-state index in [2.05, 4.69) is 479 Å². The van der Waals surface area contributed by atoms with Crippen molar-refractivity contribution in [2.24, 2.45) is 0 Å². The average molecular weight is 1530 g/mol. The van der Waals surface area contributed by atoms with Crippen LogP contribution >= 0.6 is 0 Å². The Kier molecular flexibility index (Phi) is 15.8. The lowest BCUT2D eigenvalue weighted by atomic mass is 9.67. The number of para-hydroxylation sites is 7. The lowest BCUT2D eigenvalue weighted by Gasteiger charge is -2.35. The lowest BCUT2D eigenvalue weighted by Crippen LogP contribution is -2.30. The maximum atomic E-state index is 2.51. The van der Waals surface area contributed by atoms with Crippen LogP contribution in [0.5, 0.6) is 0 Å². The molecule has 4 heterocycles. The van der Waals surface area contributed by atoms with E-state index in [1.165, 1.54) is 204 Å². The van der Waals surface area contributed by atoms with Crippen LogP contribution in [-0.4, -0.2) is 18.3 Å². The number of fused-ring (bicyclic) bond motifs is 18. The highest BCUT2D eigenvalue weighted by atomic mass is 15.0. The largest absolute Gasteiger partial charge is 0.309 e. The first-order chi connectivity index (χ1) is 59.6. The van der Waals surface area contributed by atoms with Crippen LogP contribution in [0.4, 0.5) is 0 Å². The van der Waals surface area contributed by atoms with Crippen LogP contribution in [0.1, 0.15) is 44.5 Å². The van der Waals surface area contributed by atoms with Crippen LogP contribution in [0.25, 0.3) is 166 Å². The molecule has 0 atom stereocenters. The van der Waals surface area contributed by atoms with E-state index in [4.69, 9.17) is 0 Å². The van der Waals surface area contributed by atoms with Crippen molar-refractivity contribution in [2.75, 3.05) is 0 Å². The first kappa shape index (κ1) is 68.8. The molecule has 0 saturated carbocycles. The number of benzene rings is 19. The van der Waals surface area contributed by atoms with E-state index in [9.17, 15) is 0 Å². The smallest absolute Gasteiger partial charge is 0.0733 e. The summed E-state index contributed by atoms with van der Waals surface area (Å²) < 4.78 is 9.81. The molecule has 0 spiro atoms. The topological polar surface area (TPSA) is 19.7 Å². The van der Waals surface area contributed by atoms with E-state index in [0.29, 0.717) is 0 Å². The molecule has 19 aromatic carbocycles. The van der Waals surface area contributed by atoms with Crippen molar-refractivity contribution in [2.45, 2.75) is 10.8 Å². The summed E-state index contributed by atoms with van der Waals surface area (Å²) in [5.74, 6) is 0. The zero-order valence-corrected chi connectivity index (χ0v) is 65.7. The van der Waals surface area contributed by atoms with Crippen molar-refractivity contribution in [1.82, 2.24) is 18.3 Å². The molecule has 560 valence electrons. The molecule has 2 aliphatic carbocycles. The molecule has 25 rings (SSSR count). The Morgan fingerprint density at radius 3 is 0.725 bits per heavy atom. The minimum atomic E-state index is -0.527. The van der Waals surface area contributed by atoms with Crippen molar-refractivity contribution in [1.29, 1.82) is 0 Å². The summed E-state index contributed by atoms with van der Waals surface area (Å²) in [4.78, 5) is 0. The van der Waals surface area contributed by atoms with E-state index in [0.717, 1.165) is 5.69 Å². The molecule has 0 saturated heterocycles. The van der Waals surface area contributed by atoms with Crippen LogP contribution in [0.3, 0.4) is 0 Å². The van der Waals surface area contributed by atoms with Crippen LogP contribution in [-0.2, 0) is 10.8 Å². The van der Waals surface area contributed by atoms with E-state index in [1.54, 1.807) is 0 Å². The highest BCUT2D eigenvalue weighted by molar-refractivity contribution is 6.15. The van der Waals surface area contributed by atoms with E-state index in [-0.39, 0.29) is 0 Å². The highest BCUT2D eigenvalue weighted by Crippen LogP contribution is 2.60. The summed E-state index contributed by atoms with van der Waals surface area (Å²) in [7, 11) is 0. The van der Waals surface area contributed by atoms with Crippen molar-refractivity contribution < 1.29 is 0 Å². The second-order valence-electron chi connectivity index (χ2n) is 32.0. The maximum absolute atomic E-state index is 2.51. The van der Waals surface area contributed by atoms with Crippen LogP contribution in [0.2, 0.25) is 0 Å². The zero-order valence-electron chi connectivity index (χ0n) is 65.7. The van der Waals surface area contributed by atoms with Gasteiger partial charge >= 0.3 is 0 Å². The molecule has 0 fully saturated rings. The molecule has 0 aliphatic heterocycles. The second kappa shape index (κ2) is 27.5. The highest BCUT2D eigenvalue weighted by Gasteiger charge is 2.49. The van der Waals surface area contributed by atoms with Gasteiger partial charge in [-0.15, -0.1) is 0 Å². The fraction of sp³-hybridized carbons (Fsp3) is 0.0172. The van der Waals surface area contributed by atoms with Gasteiger partial charge in [0.25, 0.3) is 0 Å². The summed E-state index contributed by atoms with van der Waals surface area (Å²) in [6, 6.07) is 170. The van der Waals surface area contributed by atoms with Gasteiger partial charge in [-0.05, 0) is 209 Å². The maximum Gasteiger partial charge on any atom is 0.0733 e. The normalized spacial score (nSPS) is 13.0. The van der Waals surface area contributed by atoms with E-state index < -0.39 is 10.8 Å². The van der Waals surface area contributed by atoms with Gasteiger partial charge in [-0.2, -0.15) is 0 Å². The first-order valence-corrected chi connectivity index (χ1v) is 41.6. The molecule has 4 nitrogen and oxygen atoms in total. The zero-order chi connectivity index (χ0) is 79.0. The fourth-order valence-corrected chi connectivity index (χ4v) is 21.0. The van der Waals surface area contributed by atoms with E-state index in [1.807, 2.05) is 0 Å². The third kappa shape index (κ3) is 10.3. The molecule has 0 N–H and O–H groups in total. The van der Waals surface area contributed by atoms with Gasteiger partial charge in [-0.3, -0.25) is 0 Å². The van der Waals surface area contributed by atoms with Gasteiger partial charge in [0.2, 0.25) is 0 Å². The first-order valence-electron chi connectivity index (χ1n) is 41.6. The van der Waals surface area contributed by atoms with Gasteiger partial charge in [-0.25, -0.2) is 0 Å². The molecule has 0 radical (unpaired) electrons. The Morgan fingerprint density at radius 2 is 0.375 bits per heavy atom. The molecule has 4 aromatic heterocycles. The summed E-state index contributed by atoms with van der Waals surface area (Å²) in [5, 5.41) is 9.97. The Balaban J connectivity index is 0.000000137. The number of hydrogen-bond acceptors (Lipinski definition) is 0. The number of rotatable bonds is 11. The number of aromatic nitrogens is 4. The Hall–Kier alpha value is -15.6. The van der Waals surface area contributed by atoms with Crippen molar-refractivity contribution in [3.05, 3.63) is 506 Å². The summed E-state index contributed by atoms with van der Waals surface area (Å²) >= 11 is 0. The summed E-state index contributed by atoms with van der Waals surface area (Å²) in [6.07, 6.45) is 0. The standard InChI is InChI=1S/C61H40N2.C55H36N2/c1-3-17-41(18-4-1)42-31-35-46(36-32-42)62-56-28-14-9-23-49(56)51-39-43(33-37-58(51)62)44-34-38-59-52(40-44)50-24-10-15-29-57(50)63(59)60-30-16-13-27-55(60)61(45-19-5-2-6-20-45)53-25-11-7-21-47(53)48-22-8-12-26-54(48)61;1-3-17-39(18-4-1)55(47-25-11-7-21-41(47)42-22-8-12-26-48(42)55)49-27-13-16-30-54(49)57-51-29-15-10-24-44(51)46-36-38(32-34-53(46)57)37-31-33-52-45(35-37)43-23-9-14-28-50(43)56(52)40-19-5-2-6-20-40/h1-40H;1-36H. The van der Waals surface area contributed by atoms with Gasteiger partial charge in [-0.1, -0.05) is 352 Å². The fourth-order valence-electron chi connectivity index (χ4n) is 21.0. The molecule has 120 heavy (non-hydrogen) atoms. The Labute approximate surface area is 695 Å². The second-order valence-corrected chi connectivity index (χ2v) is 32.0. The molecule has 23 aromatic rings. The molecule has 0 bridgehead atoms. The minimum Gasteiger partial charge on any atom is -0.309 e. The third-order valence-electron chi connectivity index (χ3n) is 26.0.